The Labute approximate surface area is 218 Å². The van der Waals surface area contributed by atoms with Crippen molar-refractivity contribution >= 4 is 28.3 Å². The summed E-state index contributed by atoms with van der Waals surface area (Å²) < 4.78 is 44.9. The van der Waals surface area contributed by atoms with Crippen LogP contribution in [0.1, 0.15) is 31.2 Å². The van der Waals surface area contributed by atoms with Crippen LogP contribution < -0.4 is 10.2 Å². The lowest BCUT2D eigenvalue weighted by Gasteiger charge is -2.38. The van der Waals surface area contributed by atoms with E-state index in [2.05, 4.69) is 4.98 Å². The molecule has 10 nitrogen and oxygen atoms in total. The van der Waals surface area contributed by atoms with Gasteiger partial charge in [-0.1, -0.05) is 0 Å². The Hall–Kier alpha value is -2.28. The molecule has 1 amide bonds. The second-order valence-corrected chi connectivity index (χ2v) is 10.3. The fourth-order valence-electron chi connectivity index (χ4n) is 4.40. The quantitative estimate of drug-likeness (QED) is 0.238. The van der Waals surface area contributed by atoms with Gasteiger partial charge in [-0.05, 0) is 73.6 Å². The highest BCUT2D eigenvalue weighted by Crippen LogP contribution is 2.34. The topological polar surface area (TPSA) is 127 Å². The zero-order valence-corrected chi connectivity index (χ0v) is 22.0. The smallest absolute Gasteiger partial charge is 0.262 e. The monoisotopic (exact) mass is 543 g/mol. The van der Waals surface area contributed by atoms with E-state index < -0.39 is 22.0 Å². The Morgan fingerprint density at radius 2 is 1.72 bits per heavy atom. The number of amides is 1. The van der Waals surface area contributed by atoms with Crippen molar-refractivity contribution in [1.82, 2.24) is 14.8 Å². The Morgan fingerprint density at radius 1 is 1.08 bits per heavy atom. The number of rotatable bonds is 12. The molecule has 0 radical (unpaired) electrons. The number of hydrogen-bond donors (Lipinski definition) is 2. The number of methoxy groups -OCH3 is 2. The van der Waals surface area contributed by atoms with E-state index in [-0.39, 0.29) is 35.9 Å². The molecule has 1 aromatic carbocycles. The van der Waals surface area contributed by atoms with Gasteiger partial charge in [0.15, 0.2) is 0 Å². The molecule has 12 heteroatoms. The van der Waals surface area contributed by atoms with E-state index in [1.165, 1.54) is 23.5 Å². The molecular formula is C24H34ClN3O7S. The van der Waals surface area contributed by atoms with Crippen molar-refractivity contribution in [1.29, 1.82) is 0 Å². The third-order valence-electron chi connectivity index (χ3n) is 6.25. The minimum absolute atomic E-state index is 0. The van der Waals surface area contributed by atoms with Crippen LogP contribution in [0.2, 0.25) is 0 Å². The molecule has 1 aromatic heterocycles. The van der Waals surface area contributed by atoms with Gasteiger partial charge in [0.2, 0.25) is 10.0 Å². The van der Waals surface area contributed by atoms with Gasteiger partial charge >= 0.3 is 0 Å². The SMILES string of the molecule is COCCOC1CCC(C(C(=O)NO)N(Cc2ccncc2)S(=O)(=O)c2ccc(OC)cc2)CC1.Cl. The predicted octanol–water partition coefficient (Wildman–Crippen LogP) is 2.80. The lowest BCUT2D eigenvalue weighted by Crippen LogP contribution is -2.53. The van der Waals surface area contributed by atoms with Gasteiger partial charge in [0.05, 0.1) is 31.3 Å². The van der Waals surface area contributed by atoms with Crippen LogP contribution in [0.25, 0.3) is 0 Å². The van der Waals surface area contributed by atoms with Crippen molar-refractivity contribution in [2.75, 3.05) is 27.4 Å². The van der Waals surface area contributed by atoms with Crippen LogP contribution in [-0.2, 0) is 30.8 Å². The summed E-state index contributed by atoms with van der Waals surface area (Å²) in [5, 5.41) is 9.56. The second-order valence-electron chi connectivity index (χ2n) is 8.40. The standard InChI is InChI=1S/C24H33N3O7S.ClH/c1-32-15-16-34-21-5-3-19(4-6-21)23(24(28)26-29)27(17-18-11-13-25-14-12-18)35(30,31)22-9-7-20(33-2)8-10-22;/h7-14,19,21,23,29H,3-6,15-17H2,1-2H3,(H,26,28);1H. The molecule has 1 aliphatic rings. The summed E-state index contributed by atoms with van der Waals surface area (Å²) in [4.78, 5) is 17.0. The van der Waals surface area contributed by atoms with Gasteiger partial charge in [-0.2, -0.15) is 4.31 Å². The van der Waals surface area contributed by atoms with Crippen LogP contribution >= 0.6 is 12.4 Å². The number of hydrogen-bond acceptors (Lipinski definition) is 8. The van der Waals surface area contributed by atoms with E-state index in [9.17, 15) is 18.4 Å². The zero-order chi connectivity index (χ0) is 25.3. The van der Waals surface area contributed by atoms with E-state index in [4.69, 9.17) is 14.2 Å². The molecule has 1 unspecified atom stereocenters. The van der Waals surface area contributed by atoms with Crippen LogP contribution in [0.4, 0.5) is 0 Å². The maximum absolute atomic E-state index is 13.8. The van der Waals surface area contributed by atoms with Gasteiger partial charge in [-0.15, -0.1) is 12.4 Å². The third kappa shape index (κ3) is 7.61. The van der Waals surface area contributed by atoms with Crippen LogP contribution in [0.5, 0.6) is 5.75 Å². The normalized spacial score (nSPS) is 18.8. The number of sulfonamides is 1. The Kier molecular flexibility index (Phi) is 12.0. The molecule has 1 fully saturated rings. The predicted molar refractivity (Wildman–Crippen MR) is 134 cm³/mol. The van der Waals surface area contributed by atoms with Crippen molar-refractivity contribution < 1.29 is 32.6 Å². The molecular weight excluding hydrogens is 510 g/mol. The molecule has 36 heavy (non-hydrogen) atoms. The molecule has 2 N–H and O–H groups in total. The molecule has 2 aromatic rings. The molecule has 200 valence electrons. The second kappa shape index (κ2) is 14.5. The largest absolute Gasteiger partial charge is 0.497 e. The van der Waals surface area contributed by atoms with Crippen LogP contribution in [0.15, 0.2) is 53.7 Å². The summed E-state index contributed by atoms with van der Waals surface area (Å²) in [5.74, 6) is -0.555. The molecule has 0 spiro atoms. The number of halogens is 1. The number of ether oxygens (including phenoxy) is 3. The van der Waals surface area contributed by atoms with Gasteiger partial charge in [-0.25, -0.2) is 13.9 Å². The average molecular weight is 544 g/mol. The summed E-state index contributed by atoms with van der Waals surface area (Å²) >= 11 is 0. The third-order valence-corrected chi connectivity index (χ3v) is 8.09. The first-order chi connectivity index (χ1) is 16.9. The minimum atomic E-state index is -4.12. The molecule has 1 aliphatic carbocycles. The van der Waals surface area contributed by atoms with Crippen molar-refractivity contribution in [3.63, 3.8) is 0 Å². The summed E-state index contributed by atoms with van der Waals surface area (Å²) in [6.45, 7) is 0.918. The molecule has 1 saturated carbocycles. The summed E-state index contributed by atoms with van der Waals surface area (Å²) in [5.41, 5.74) is 2.37. The van der Waals surface area contributed by atoms with Gasteiger partial charge in [-0.3, -0.25) is 15.0 Å². The van der Waals surface area contributed by atoms with Crippen molar-refractivity contribution in [2.24, 2.45) is 5.92 Å². The van der Waals surface area contributed by atoms with Crippen LogP contribution in [-0.4, -0.2) is 68.4 Å². The number of nitrogens with zero attached hydrogens (tertiary/aromatic N) is 2. The Morgan fingerprint density at radius 3 is 2.28 bits per heavy atom. The lowest BCUT2D eigenvalue weighted by atomic mass is 9.82. The number of pyridine rings is 1. The molecule has 1 heterocycles. The fourth-order valence-corrected chi connectivity index (χ4v) is 6.04. The number of hydroxylamine groups is 1. The highest BCUT2D eigenvalue weighted by Gasteiger charge is 2.42. The minimum Gasteiger partial charge on any atom is -0.497 e. The van der Waals surface area contributed by atoms with E-state index in [1.54, 1.807) is 49.2 Å². The van der Waals surface area contributed by atoms with Crippen molar-refractivity contribution in [3.05, 3.63) is 54.4 Å². The summed E-state index contributed by atoms with van der Waals surface area (Å²) in [6.07, 6.45) is 5.64. The molecule has 1 atom stereocenters. The molecule has 0 bridgehead atoms. The first-order valence-corrected chi connectivity index (χ1v) is 12.9. The maximum Gasteiger partial charge on any atom is 0.262 e. The van der Waals surface area contributed by atoms with Gasteiger partial charge < -0.3 is 14.2 Å². The zero-order valence-electron chi connectivity index (χ0n) is 20.4. The molecule has 3 rings (SSSR count). The van der Waals surface area contributed by atoms with E-state index in [1.807, 2.05) is 0 Å². The molecule has 0 saturated heterocycles. The average Bonchev–Trinajstić information content (AvgIpc) is 2.89. The number of carbonyl (C=O) groups excluding carboxylic acids is 1. The summed E-state index contributed by atoms with van der Waals surface area (Å²) in [6, 6.07) is 8.29. The summed E-state index contributed by atoms with van der Waals surface area (Å²) in [7, 11) is -1.02. The van der Waals surface area contributed by atoms with Gasteiger partial charge in [0, 0.05) is 26.0 Å². The van der Waals surface area contributed by atoms with Crippen molar-refractivity contribution in [2.45, 2.75) is 49.3 Å². The lowest BCUT2D eigenvalue weighted by molar-refractivity contribution is -0.136. The number of nitrogens with one attached hydrogen (secondary N) is 1. The van der Waals surface area contributed by atoms with Crippen LogP contribution in [0.3, 0.4) is 0 Å². The van der Waals surface area contributed by atoms with E-state index in [0.717, 1.165) is 0 Å². The highest BCUT2D eigenvalue weighted by atomic mass is 35.5. The first-order valence-electron chi connectivity index (χ1n) is 11.5. The molecule has 0 aliphatic heterocycles. The number of benzene rings is 1. The van der Waals surface area contributed by atoms with Gasteiger partial charge in [0.1, 0.15) is 11.8 Å². The van der Waals surface area contributed by atoms with Gasteiger partial charge in [0.25, 0.3) is 5.91 Å². The number of aromatic nitrogens is 1. The Balaban J connectivity index is 0.00000456. The van der Waals surface area contributed by atoms with Crippen LogP contribution in [0, 0.1) is 5.92 Å². The van der Waals surface area contributed by atoms with E-state index in [0.29, 0.717) is 50.2 Å². The maximum atomic E-state index is 13.8. The fraction of sp³-hybridized carbons (Fsp3) is 0.500. The number of carbonyl (C=O) groups is 1. The first kappa shape index (κ1) is 29.9. The van der Waals surface area contributed by atoms with Crippen molar-refractivity contribution in [3.8, 4) is 5.75 Å². The highest BCUT2D eigenvalue weighted by molar-refractivity contribution is 7.89. The Bertz CT molecular complexity index is 1030. The van der Waals surface area contributed by atoms with E-state index >= 15 is 0 Å².